The molecule has 0 saturated heterocycles. The molecule has 0 saturated carbocycles. The molecule has 0 N–H and O–H groups in total. The minimum absolute atomic E-state index is 0.0127. The normalized spacial score (nSPS) is 22.2. The van der Waals surface area contributed by atoms with Crippen molar-refractivity contribution in [3.05, 3.63) is 35.7 Å². The van der Waals surface area contributed by atoms with Crippen LogP contribution in [0.3, 0.4) is 0 Å². The second kappa shape index (κ2) is 4.51. The fourth-order valence-corrected chi connectivity index (χ4v) is 4.46. The van der Waals surface area contributed by atoms with Gasteiger partial charge in [-0.3, -0.25) is 0 Å². The second-order valence-corrected chi connectivity index (χ2v) is 6.68. The van der Waals surface area contributed by atoms with E-state index in [1.165, 1.54) is 17.2 Å². The Morgan fingerprint density at radius 1 is 1.38 bits per heavy atom. The first-order valence-electron chi connectivity index (χ1n) is 4.81. The Kier molecular flexibility index (Phi) is 3.25. The number of para-hydroxylation sites is 1. The fourth-order valence-electron chi connectivity index (χ4n) is 1.50. The van der Waals surface area contributed by atoms with E-state index in [1.807, 2.05) is 24.3 Å². The molecule has 86 valence electrons. The zero-order chi connectivity index (χ0) is 11.6. The van der Waals surface area contributed by atoms with Crippen molar-refractivity contribution in [3.63, 3.8) is 0 Å². The molecule has 5 heteroatoms. The largest absolute Gasteiger partial charge is 0.496 e. The van der Waals surface area contributed by atoms with Gasteiger partial charge in [0.25, 0.3) is 0 Å². The van der Waals surface area contributed by atoms with Crippen LogP contribution in [0.25, 0.3) is 0 Å². The Hall–Kier alpha value is -0.940. The van der Waals surface area contributed by atoms with Crippen LogP contribution in [-0.2, 0) is 9.84 Å². The maximum Gasteiger partial charge on any atom is 0.172 e. The predicted octanol–water partition coefficient (Wildman–Crippen LogP) is 2.10. The Labute approximate surface area is 99.4 Å². The molecule has 0 radical (unpaired) electrons. The summed E-state index contributed by atoms with van der Waals surface area (Å²) < 4.78 is 27.7. The summed E-state index contributed by atoms with van der Waals surface area (Å²) in [5.41, 5.74) is 0. The van der Waals surface area contributed by atoms with Crippen molar-refractivity contribution < 1.29 is 13.2 Å². The van der Waals surface area contributed by atoms with Gasteiger partial charge in [0.15, 0.2) is 9.84 Å². The van der Waals surface area contributed by atoms with E-state index in [2.05, 4.69) is 0 Å². The van der Waals surface area contributed by atoms with E-state index in [0.717, 1.165) is 10.6 Å². The highest BCUT2D eigenvalue weighted by molar-refractivity contribution is 8.02. The lowest BCUT2D eigenvalue weighted by Crippen LogP contribution is -2.06. The highest BCUT2D eigenvalue weighted by atomic mass is 32.2. The summed E-state index contributed by atoms with van der Waals surface area (Å²) in [4.78, 5) is 0.969. The maximum absolute atomic E-state index is 11.3. The topological polar surface area (TPSA) is 43.4 Å². The van der Waals surface area contributed by atoms with E-state index >= 15 is 0 Å². The summed E-state index contributed by atoms with van der Waals surface area (Å²) >= 11 is 1.51. The second-order valence-electron chi connectivity index (χ2n) is 3.47. The van der Waals surface area contributed by atoms with Gasteiger partial charge in [-0.05, 0) is 12.1 Å². The lowest BCUT2D eigenvalue weighted by Gasteiger charge is -2.10. The van der Waals surface area contributed by atoms with Crippen molar-refractivity contribution in [3.8, 4) is 5.75 Å². The fraction of sp³-hybridized carbons (Fsp3) is 0.273. The van der Waals surface area contributed by atoms with E-state index in [9.17, 15) is 8.42 Å². The van der Waals surface area contributed by atoms with E-state index in [1.54, 1.807) is 13.2 Å². The molecule has 1 unspecified atom stereocenters. The van der Waals surface area contributed by atoms with Gasteiger partial charge in [-0.15, -0.1) is 11.8 Å². The lowest BCUT2D eigenvalue weighted by atomic mass is 10.3. The molecule has 0 amide bonds. The van der Waals surface area contributed by atoms with Gasteiger partial charge in [0.05, 0.1) is 12.9 Å². The number of thioether (sulfide) groups is 1. The molecule has 3 nitrogen and oxygen atoms in total. The highest BCUT2D eigenvalue weighted by Crippen LogP contribution is 2.34. The smallest absolute Gasteiger partial charge is 0.172 e. The van der Waals surface area contributed by atoms with Gasteiger partial charge in [-0.2, -0.15) is 0 Å². The van der Waals surface area contributed by atoms with Crippen LogP contribution in [0.1, 0.15) is 0 Å². The van der Waals surface area contributed by atoms with Crippen LogP contribution < -0.4 is 4.74 Å². The monoisotopic (exact) mass is 256 g/mol. The average molecular weight is 256 g/mol. The first-order chi connectivity index (χ1) is 7.61. The van der Waals surface area contributed by atoms with Gasteiger partial charge in [-0.1, -0.05) is 18.2 Å². The quantitative estimate of drug-likeness (QED) is 0.830. The minimum atomic E-state index is -2.98. The summed E-state index contributed by atoms with van der Waals surface area (Å²) in [6.45, 7) is 0. The molecule has 1 aliphatic heterocycles. The molecule has 1 aromatic carbocycles. The summed E-state index contributed by atoms with van der Waals surface area (Å²) in [5.74, 6) is 0.959. The summed E-state index contributed by atoms with van der Waals surface area (Å²) in [5, 5.41) is 1.28. The van der Waals surface area contributed by atoms with Crippen LogP contribution in [0.5, 0.6) is 5.75 Å². The van der Waals surface area contributed by atoms with Crippen LogP contribution in [0.2, 0.25) is 0 Å². The number of benzene rings is 1. The first kappa shape index (κ1) is 11.5. The molecule has 1 aliphatic rings. The lowest BCUT2D eigenvalue weighted by molar-refractivity contribution is 0.405. The number of methoxy groups -OCH3 is 1. The van der Waals surface area contributed by atoms with E-state index in [4.69, 9.17) is 4.74 Å². The molecule has 0 aromatic heterocycles. The molecule has 2 rings (SSSR count). The number of sulfone groups is 1. The molecule has 0 aliphatic carbocycles. The van der Waals surface area contributed by atoms with Crippen LogP contribution in [0.4, 0.5) is 0 Å². The van der Waals surface area contributed by atoms with E-state index in [-0.39, 0.29) is 11.0 Å². The van der Waals surface area contributed by atoms with Crippen LogP contribution in [-0.4, -0.2) is 26.5 Å². The Balaban J connectivity index is 2.14. The maximum atomic E-state index is 11.3. The minimum Gasteiger partial charge on any atom is -0.496 e. The average Bonchev–Trinajstić information content (AvgIpc) is 2.59. The summed E-state index contributed by atoms with van der Waals surface area (Å²) in [6.07, 6.45) is 1.73. The Bertz CT molecular complexity index is 506. The van der Waals surface area contributed by atoms with Crippen molar-refractivity contribution in [2.45, 2.75) is 10.1 Å². The number of hydrogen-bond acceptors (Lipinski definition) is 4. The SMILES string of the molecule is COc1ccccc1SC1C=CS(=O)(=O)C1. The van der Waals surface area contributed by atoms with Crippen LogP contribution in [0, 0.1) is 0 Å². The first-order valence-corrected chi connectivity index (χ1v) is 7.41. The molecule has 0 spiro atoms. The molecular formula is C11H12O3S2. The standard InChI is InChI=1S/C11H12O3S2/c1-14-10-4-2-3-5-11(10)15-9-6-7-16(12,13)8-9/h2-7,9H,8H2,1H3. The number of rotatable bonds is 3. The summed E-state index contributed by atoms with van der Waals surface area (Å²) in [7, 11) is -1.37. The molecular weight excluding hydrogens is 244 g/mol. The van der Waals surface area contributed by atoms with Gasteiger partial charge >= 0.3 is 0 Å². The van der Waals surface area contributed by atoms with Crippen molar-refractivity contribution in [1.29, 1.82) is 0 Å². The van der Waals surface area contributed by atoms with Crippen LogP contribution >= 0.6 is 11.8 Å². The van der Waals surface area contributed by atoms with Gasteiger partial charge in [0.1, 0.15) is 5.75 Å². The third kappa shape index (κ3) is 2.59. The van der Waals surface area contributed by atoms with E-state index in [0.29, 0.717) is 0 Å². The molecule has 0 bridgehead atoms. The third-order valence-corrected chi connectivity index (χ3v) is 5.07. The van der Waals surface area contributed by atoms with Crippen molar-refractivity contribution in [2.75, 3.05) is 12.9 Å². The Morgan fingerprint density at radius 3 is 2.75 bits per heavy atom. The highest BCUT2D eigenvalue weighted by Gasteiger charge is 2.23. The zero-order valence-electron chi connectivity index (χ0n) is 8.79. The van der Waals surface area contributed by atoms with Gasteiger partial charge < -0.3 is 4.74 Å². The molecule has 16 heavy (non-hydrogen) atoms. The van der Waals surface area contributed by atoms with Crippen molar-refractivity contribution in [2.24, 2.45) is 0 Å². The van der Waals surface area contributed by atoms with Crippen molar-refractivity contribution >= 4 is 21.6 Å². The predicted molar refractivity (Wildman–Crippen MR) is 65.6 cm³/mol. The molecule has 1 aromatic rings. The Morgan fingerprint density at radius 2 is 2.12 bits per heavy atom. The van der Waals surface area contributed by atoms with Gasteiger partial charge in [-0.25, -0.2) is 8.42 Å². The molecule has 1 atom stereocenters. The molecule has 1 heterocycles. The summed E-state index contributed by atoms with van der Waals surface area (Å²) in [6, 6.07) is 7.61. The number of ether oxygens (including phenoxy) is 1. The number of hydrogen-bond donors (Lipinski definition) is 0. The molecule has 0 fully saturated rings. The zero-order valence-corrected chi connectivity index (χ0v) is 10.4. The third-order valence-electron chi connectivity index (χ3n) is 2.24. The van der Waals surface area contributed by atoms with Crippen LogP contribution in [0.15, 0.2) is 40.6 Å². The van der Waals surface area contributed by atoms with Gasteiger partial charge in [0.2, 0.25) is 0 Å². The van der Waals surface area contributed by atoms with Gasteiger partial charge in [0, 0.05) is 15.6 Å². The van der Waals surface area contributed by atoms with E-state index < -0.39 is 9.84 Å². The van der Waals surface area contributed by atoms with Crippen molar-refractivity contribution in [1.82, 2.24) is 0 Å².